The molecule has 0 spiro atoms. The summed E-state index contributed by atoms with van der Waals surface area (Å²) in [5.41, 5.74) is 4.97. The van der Waals surface area contributed by atoms with Gasteiger partial charge in [-0.05, 0) is 42.7 Å². The largest absolute Gasteiger partial charge is 0.496 e. The second kappa shape index (κ2) is 7.24. The van der Waals surface area contributed by atoms with E-state index >= 15 is 0 Å². The van der Waals surface area contributed by atoms with Crippen molar-refractivity contribution in [3.63, 3.8) is 0 Å². The topological polar surface area (TPSA) is 60.2 Å². The molecule has 0 amide bonds. The van der Waals surface area contributed by atoms with Crippen LogP contribution in [0, 0.1) is 0 Å². The van der Waals surface area contributed by atoms with Crippen LogP contribution in [0.15, 0.2) is 42.7 Å². The zero-order chi connectivity index (χ0) is 14.4. The molecule has 20 heavy (non-hydrogen) atoms. The highest BCUT2D eigenvalue weighted by atomic mass is 35.5. The first-order chi connectivity index (χ1) is 9.74. The number of halogens is 1. The number of benzene rings is 1. The maximum Gasteiger partial charge on any atom is 0.123 e. The fraction of sp³-hybridized carbons (Fsp3) is 0.267. The molecule has 0 aliphatic rings. The molecule has 5 heteroatoms. The molecular weight excluding hydrogens is 274 g/mol. The summed E-state index contributed by atoms with van der Waals surface area (Å²) < 4.78 is 5.37. The van der Waals surface area contributed by atoms with E-state index in [1.807, 2.05) is 24.4 Å². The van der Waals surface area contributed by atoms with E-state index in [0.29, 0.717) is 5.02 Å². The van der Waals surface area contributed by atoms with E-state index in [-0.39, 0.29) is 6.04 Å². The number of hydrogen-bond acceptors (Lipinski definition) is 4. The fourth-order valence-corrected chi connectivity index (χ4v) is 2.34. The highest BCUT2D eigenvalue weighted by Crippen LogP contribution is 2.30. The number of nitrogens with zero attached hydrogens (tertiary/aromatic N) is 1. The van der Waals surface area contributed by atoms with Gasteiger partial charge in [-0.3, -0.25) is 16.3 Å². The van der Waals surface area contributed by atoms with Crippen molar-refractivity contribution in [1.82, 2.24) is 10.4 Å². The summed E-state index contributed by atoms with van der Waals surface area (Å²) in [5, 5.41) is 0.669. The van der Waals surface area contributed by atoms with E-state index < -0.39 is 0 Å². The monoisotopic (exact) mass is 291 g/mol. The van der Waals surface area contributed by atoms with Crippen LogP contribution in [0.1, 0.15) is 23.6 Å². The van der Waals surface area contributed by atoms with Gasteiger partial charge in [0.05, 0.1) is 7.11 Å². The van der Waals surface area contributed by atoms with Gasteiger partial charge in [0, 0.05) is 29.0 Å². The molecule has 1 atom stereocenters. The first kappa shape index (κ1) is 14.8. The SMILES string of the molecule is COc1ccc(Cl)cc1C(CCc1cccnc1)NN. The molecule has 1 unspecified atom stereocenters. The lowest BCUT2D eigenvalue weighted by molar-refractivity contribution is 0.396. The fourth-order valence-electron chi connectivity index (χ4n) is 2.16. The summed E-state index contributed by atoms with van der Waals surface area (Å²) in [7, 11) is 1.64. The minimum atomic E-state index is -0.0242. The first-order valence-electron chi connectivity index (χ1n) is 6.43. The van der Waals surface area contributed by atoms with Crippen molar-refractivity contribution in [2.75, 3.05) is 7.11 Å². The molecule has 0 saturated carbocycles. The molecular formula is C15H18ClN3O. The number of ether oxygens (including phenoxy) is 1. The summed E-state index contributed by atoms with van der Waals surface area (Å²) in [6.45, 7) is 0. The summed E-state index contributed by atoms with van der Waals surface area (Å²) in [6, 6.07) is 9.50. The van der Waals surface area contributed by atoms with Gasteiger partial charge < -0.3 is 4.74 Å². The van der Waals surface area contributed by atoms with Crippen molar-refractivity contribution in [3.05, 3.63) is 58.9 Å². The zero-order valence-electron chi connectivity index (χ0n) is 11.3. The Morgan fingerprint density at radius 3 is 2.90 bits per heavy atom. The average Bonchev–Trinajstić information content (AvgIpc) is 2.49. The molecule has 0 aliphatic heterocycles. The Kier molecular flexibility index (Phi) is 5.35. The Balaban J connectivity index is 2.14. The van der Waals surface area contributed by atoms with Gasteiger partial charge in [0.2, 0.25) is 0 Å². The second-order valence-electron chi connectivity index (χ2n) is 4.51. The molecule has 0 bridgehead atoms. The third-order valence-corrected chi connectivity index (χ3v) is 3.45. The minimum Gasteiger partial charge on any atom is -0.496 e. The molecule has 1 heterocycles. The molecule has 1 aromatic heterocycles. The van der Waals surface area contributed by atoms with Gasteiger partial charge in [0.25, 0.3) is 0 Å². The van der Waals surface area contributed by atoms with Crippen molar-refractivity contribution in [3.8, 4) is 5.75 Å². The quantitative estimate of drug-likeness (QED) is 0.635. The molecule has 0 saturated heterocycles. The molecule has 1 aromatic carbocycles. The minimum absolute atomic E-state index is 0.0242. The van der Waals surface area contributed by atoms with Gasteiger partial charge in [0.15, 0.2) is 0 Å². The third kappa shape index (κ3) is 3.70. The molecule has 3 N–H and O–H groups in total. The van der Waals surface area contributed by atoms with E-state index in [0.717, 1.165) is 24.2 Å². The van der Waals surface area contributed by atoms with Crippen LogP contribution in [0.25, 0.3) is 0 Å². The Morgan fingerprint density at radius 2 is 2.25 bits per heavy atom. The van der Waals surface area contributed by atoms with E-state index in [4.69, 9.17) is 22.2 Å². The summed E-state index contributed by atoms with van der Waals surface area (Å²) >= 11 is 6.06. The second-order valence-corrected chi connectivity index (χ2v) is 4.94. The van der Waals surface area contributed by atoms with E-state index in [1.165, 1.54) is 5.56 Å². The average molecular weight is 292 g/mol. The van der Waals surface area contributed by atoms with Gasteiger partial charge >= 0.3 is 0 Å². The molecule has 106 valence electrons. The number of hydrazine groups is 1. The predicted octanol–water partition coefficient (Wildman–Crippen LogP) is 2.88. The summed E-state index contributed by atoms with van der Waals surface area (Å²) in [6.07, 6.45) is 5.34. The Hall–Kier alpha value is -1.62. The molecule has 0 radical (unpaired) electrons. The molecule has 2 rings (SSSR count). The number of aromatic nitrogens is 1. The van der Waals surface area contributed by atoms with Crippen LogP contribution in [0.3, 0.4) is 0 Å². The number of nitrogens with one attached hydrogen (secondary N) is 1. The molecule has 0 fully saturated rings. The number of methoxy groups -OCH3 is 1. The van der Waals surface area contributed by atoms with Gasteiger partial charge in [0.1, 0.15) is 5.75 Å². The van der Waals surface area contributed by atoms with Crippen LogP contribution >= 0.6 is 11.6 Å². The highest BCUT2D eigenvalue weighted by Gasteiger charge is 2.15. The molecule has 2 aromatic rings. The highest BCUT2D eigenvalue weighted by molar-refractivity contribution is 6.30. The van der Waals surface area contributed by atoms with Crippen LogP contribution in [0.4, 0.5) is 0 Å². The van der Waals surface area contributed by atoms with Crippen LogP contribution < -0.4 is 16.0 Å². The normalized spacial score (nSPS) is 12.2. The van der Waals surface area contributed by atoms with Crippen LogP contribution in [0.2, 0.25) is 5.02 Å². The van der Waals surface area contributed by atoms with Crippen LogP contribution in [-0.4, -0.2) is 12.1 Å². The summed E-state index contributed by atoms with van der Waals surface area (Å²) in [5.74, 6) is 6.46. The maximum atomic E-state index is 6.06. The van der Waals surface area contributed by atoms with E-state index in [2.05, 4.69) is 16.5 Å². The van der Waals surface area contributed by atoms with Gasteiger partial charge in [-0.15, -0.1) is 0 Å². The van der Waals surface area contributed by atoms with E-state index in [9.17, 15) is 0 Å². The lowest BCUT2D eigenvalue weighted by Crippen LogP contribution is -2.28. The number of pyridine rings is 1. The zero-order valence-corrected chi connectivity index (χ0v) is 12.1. The van der Waals surface area contributed by atoms with Crippen molar-refractivity contribution >= 4 is 11.6 Å². The van der Waals surface area contributed by atoms with Crippen molar-refractivity contribution < 1.29 is 4.74 Å². The van der Waals surface area contributed by atoms with Crippen molar-refractivity contribution in [2.45, 2.75) is 18.9 Å². The summed E-state index contributed by atoms with van der Waals surface area (Å²) in [4.78, 5) is 4.11. The predicted molar refractivity (Wildman–Crippen MR) is 80.6 cm³/mol. The van der Waals surface area contributed by atoms with Gasteiger partial charge in [-0.2, -0.15) is 0 Å². The van der Waals surface area contributed by atoms with Gasteiger partial charge in [-0.25, -0.2) is 0 Å². The third-order valence-electron chi connectivity index (χ3n) is 3.21. The van der Waals surface area contributed by atoms with Gasteiger partial charge in [-0.1, -0.05) is 17.7 Å². The Bertz CT molecular complexity index is 548. The Labute approximate surface area is 123 Å². The molecule has 0 aliphatic carbocycles. The standard InChI is InChI=1S/C15H18ClN3O/c1-20-15-7-5-12(16)9-13(15)14(19-17)6-4-11-3-2-8-18-10-11/h2-3,5,7-10,14,19H,4,6,17H2,1H3. The smallest absolute Gasteiger partial charge is 0.123 e. The van der Waals surface area contributed by atoms with Crippen LogP contribution in [0.5, 0.6) is 5.75 Å². The lowest BCUT2D eigenvalue weighted by Gasteiger charge is -2.19. The van der Waals surface area contributed by atoms with Crippen molar-refractivity contribution in [2.24, 2.45) is 5.84 Å². The number of aryl methyl sites for hydroxylation is 1. The van der Waals surface area contributed by atoms with Crippen molar-refractivity contribution in [1.29, 1.82) is 0 Å². The number of nitrogens with two attached hydrogens (primary N) is 1. The number of rotatable bonds is 6. The number of hydrogen-bond donors (Lipinski definition) is 2. The Morgan fingerprint density at radius 1 is 1.40 bits per heavy atom. The maximum absolute atomic E-state index is 6.06. The molecule has 4 nitrogen and oxygen atoms in total. The lowest BCUT2D eigenvalue weighted by atomic mass is 9.99. The van der Waals surface area contributed by atoms with Crippen LogP contribution in [-0.2, 0) is 6.42 Å². The van der Waals surface area contributed by atoms with E-state index in [1.54, 1.807) is 19.4 Å². The first-order valence-corrected chi connectivity index (χ1v) is 6.81.